The molecule has 2 rings (SSSR count). The van der Waals surface area contributed by atoms with Crippen LogP contribution in [0.3, 0.4) is 0 Å². The van der Waals surface area contributed by atoms with E-state index in [9.17, 15) is 0 Å². The third-order valence-corrected chi connectivity index (χ3v) is 4.14. The number of likely N-dealkylation sites (N-methyl/N-ethyl adjacent to an activating group) is 1. The first kappa shape index (κ1) is 16.3. The highest BCUT2D eigenvalue weighted by Crippen LogP contribution is 2.30. The number of rotatable bonds is 6. The maximum atomic E-state index is 6.09. The Labute approximate surface area is 129 Å². The van der Waals surface area contributed by atoms with Crippen molar-refractivity contribution in [3.63, 3.8) is 0 Å². The third kappa shape index (κ3) is 3.98. The van der Waals surface area contributed by atoms with Gasteiger partial charge in [-0.05, 0) is 36.6 Å². The van der Waals surface area contributed by atoms with Gasteiger partial charge in [-0.3, -0.25) is 0 Å². The molecule has 0 aromatic heterocycles. The average Bonchev–Trinajstić information content (AvgIpc) is 2.43. The maximum Gasteiger partial charge on any atom is 0.128 e. The summed E-state index contributed by atoms with van der Waals surface area (Å²) in [5, 5.41) is 3.30. The van der Waals surface area contributed by atoms with Gasteiger partial charge in [0.25, 0.3) is 0 Å². The molecule has 3 atom stereocenters. The van der Waals surface area contributed by atoms with E-state index in [0.29, 0.717) is 6.04 Å². The van der Waals surface area contributed by atoms with E-state index in [0.717, 1.165) is 25.2 Å². The number of benzene rings is 1. The lowest BCUT2D eigenvalue weighted by molar-refractivity contribution is -0.106. The molecule has 3 unspecified atom stereocenters. The minimum atomic E-state index is 0.162. The van der Waals surface area contributed by atoms with Crippen LogP contribution in [0.1, 0.15) is 46.1 Å². The molecule has 21 heavy (non-hydrogen) atoms. The molecule has 1 fully saturated rings. The molecule has 0 amide bonds. The molecule has 1 aromatic carbocycles. The molecular weight excluding hydrogens is 262 g/mol. The molecule has 1 N–H and O–H groups in total. The minimum absolute atomic E-state index is 0.162. The largest absolute Gasteiger partial charge is 0.488 e. The molecule has 0 heterocycles. The first-order valence-corrected chi connectivity index (χ1v) is 8.01. The molecule has 0 radical (unpaired) electrons. The molecule has 1 saturated carbocycles. The zero-order valence-corrected chi connectivity index (χ0v) is 14.0. The van der Waals surface area contributed by atoms with Crippen molar-refractivity contribution < 1.29 is 9.47 Å². The zero-order chi connectivity index (χ0) is 15.5. The molecule has 1 aliphatic carbocycles. The average molecular weight is 291 g/mol. The summed E-state index contributed by atoms with van der Waals surface area (Å²) < 4.78 is 12.0. The summed E-state index contributed by atoms with van der Waals surface area (Å²) in [6, 6.07) is 8.88. The summed E-state index contributed by atoms with van der Waals surface area (Å²) in [4.78, 5) is 0. The van der Waals surface area contributed by atoms with Gasteiger partial charge in [-0.15, -0.1) is 0 Å². The molecule has 0 bridgehead atoms. The molecular formula is C18H29NO2. The van der Waals surface area contributed by atoms with Gasteiger partial charge >= 0.3 is 0 Å². The van der Waals surface area contributed by atoms with Gasteiger partial charge in [0, 0.05) is 19.1 Å². The molecule has 0 spiro atoms. The van der Waals surface area contributed by atoms with Crippen LogP contribution in [0.5, 0.6) is 5.75 Å². The molecule has 0 aliphatic heterocycles. The van der Waals surface area contributed by atoms with Crippen molar-refractivity contribution in [3.05, 3.63) is 29.8 Å². The highest BCUT2D eigenvalue weighted by molar-refractivity contribution is 5.31. The van der Waals surface area contributed by atoms with E-state index in [1.807, 2.05) is 7.05 Å². The van der Waals surface area contributed by atoms with Crippen molar-refractivity contribution in [2.75, 3.05) is 13.7 Å². The summed E-state index contributed by atoms with van der Waals surface area (Å²) in [5.41, 5.74) is 1.51. The van der Waals surface area contributed by atoms with Gasteiger partial charge < -0.3 is 14.8 Å². The van der Waals surface area contributed by atoms with Crippen LogP contribution in [-0.2, 0) is 10.2 Å². The van der Waals surface area contributed by atoms with Gasteiger partial charge in [0.05, 0.1) is 0 Å². The lowest BCUT2D eigenvalue weighted by Gasteiger charge is -2.43. The van der Waals surface area contributed by atoms with E-state index >= 15 is 0 Å². The minimum Gasteiger partial charge on any atom is -0.488 e. The number of ether oxygens (including phenoxy) is 2. The van der Waals surface area contributed by atoms with Gasteiger partial charge in [-0.25, -0.2) is 0 Å². The Hall–Kier alpha value is -1.06. The van der Waals surface area contributed by atoms with Gasteiger partial charge in [0.15, 0.2) is 0 Å². The van der Waals surface area contributed by atoms with Crippen LogP contribution in [0.25, 0.3) is 0 Å². The Morgan fingerprint density at radius 2 is 1.86 bits per heavy atom. The van der Waals surface area contributed by atoms with Crippen LogP contribution < -0.4 is 10.1 Å². The second-order valence-corrected chi connectivity index (χ2v) is 6.90. The van der Waals surface area contributed by atoms with Gasteiger partial charge in [0.2, 0.25) is 0 Å². The Balaban J connectivity index is 1.95. The van der Waals surface area contributed by atoms with Crippen molar-refractivity contribution >= 4 is 0 Å². The zero-order valence-electron chi connectivity index (χ0n) is 14.0. The van der Waals surface area contributed by atoms with Crippen LogP contribution in [0, 0.1) is 0 Å². The third-order valence-electron chi connectivity index (χ3n) is 4.14. The van der Waals surface area contributed by atoms with Crippen LogP contribution in [0.15, 0.2) is 24.3 Å². The van der Waals surface area contributed by atoms with Crippen molar-refractivity contribution in [1.29, 1.82) is 0 Å². The molecule has 3 nitrogen and oxygen atoms in total. The highest BCUT2D eigenvalue weighted by atomic mass is 16.5. The Morgan fingerprint density at radius 1 is 1.19 bits per heavy atom. The van der Waals surface area contributed by atoms with Crippen molar-refractivity contribution in [1.82, 2.24) is 5.32 Å². The number of hydrogen-bond acceptors (Lipinski definition) is 3. The predicted molar refractivity (Wildman–Crippen MR) is 87.1 cm³/mol. The summed E-state index contributed by atoms with van der Waals surface area (Å²) in [6.07, 6.45) is 2.37. The van der Waals surface area contributed by atoms with E-state index in [-0.39, 0.29) is 17.6 Å². The number of nitrogens with one attached hydrogen (secondary N) is 1. The second kappa shape index (κ2) is 6.80. The topological polar surface area (TPSA) is 30.5 Å². The van der Waals surface area contributed by atoms with E-state index in [4.69, 9.17) is 9.47 Å². The molecule has 118 valence electrons. The first-order chi connectivity index (χ1) is 9.95. The van der Waals surface area contributed by atoms with Crippen LogP contribution in [0.4, 0.5) is 0 Å². The quantitative estimate of drug-likeness (QED) is 0.870. The van der Waals surface area contributed by atoms with Gasteiger partial charge in [-0.1, -0.05) is 39.8 Å². The summed E-state index contributed by atoms with van der Waals surface area (Å²) in [5.74, 6) is 0.938. The molecule has 1 aliphatic rings. The van der Waals surface area contributed by atoms with E-state index in [1.165, 1.54) is 5.56 Å². The Morgan fingerprint density at radius 3 is 2.38 bits per heavy atom. The van der Waals surface area contributed by atoms with E-state index in [1.54, 1.807) is 0 Å². The predicted octanol–water partition coefficient (Wildman–Crippen LogP) is 3.52. The van der Waals surface area contributed by atoms with E-state index in [2.05, 4.69) is 57.3 Å². The molecule has 0 saturated heterocycles. The standard InChI is InChI=1S/C18H29NO2/c1-6-11-20-17-15(19-5)12-16(17)21-14-9-7-13(8-10-14)18(2,3)4/h7-10,15-17,19H,6,11-12H2,1-5H3. The SMILES string of the molecule is CCCOC1C(NC)CC1Oc1ccc(C(C)(C)C)cc1. The second-order valence-electron chi connectivity index (χ2n) is 6.90. The Bertz CT molecular complexity index is 436. The van der Waals surface area contributed by atoms with Crippen LogP contribution in [0.2, 0.25) is 0 Å². The smallest absolute Gasteiger partial charge is 0.128 e. The lowest BCUT2D eigenvalue weighted by Crippen LogP contribution is -2.60. The van der Waals surface area contributed by atoms with Crippen molar-refractivity contribution in [2.24, 2.45) is 0 Å². The van der Waals surface area contributed by atoms with Crippen molar-refractivity contribution in [3.8, 4) is 5.75 Å². The van der Waals surface area contributed by atoms with E-state index < -0.39 is 0 Å². The number of hydrogen-bond donors (Lipinski definition) is 1. The fourth-order valence-electron chi connectivity index (χ4n) is 2.66. The van der Waals surface area contributed by atoms with Crippen molar-refractivity contribution in [2.45, 2.75) is 64.2 Å². The van der Waals surface area contributed by atoms with Crippen LogP contribution >= 0.6 is 0 Å². The summed E-state index contributed by atoms with van der Waals surface area (Å²) >= 11 is 0. The molecule has 3 heteroatoms. The monoisotopic (exact) mass is 291 g/mol. The lowest BCUT2D eigenvalue weighted by atomic mass is 9.85. The summed E-state index contributed by atoms with van der Waals surface area (Å²) in [6.45, 7) is 9.60. The fraction of sp³-hybridized carbons (Fsp3) is 0.667. The summed E-state index contributed by atoms with van der Waals surface area (Å²) in [7, 11) is 1.99. The fourth-order valence-corrected chi connectivity index (χ4v) is 2.66. The Kier molecular flexibility index (Phi) is 5.28. The maximum absolute atomic E-state index is 6.09. The highest BCUT2D eigenvalue weighted by Gasteiger charge is 2.42. The van der Waals surface area contributed by atoms with Crippen LogP contribution in [-0.4, -0.2) is 31.9 Å². The first-order valence-electron chi connectivity index (χ1n) is 8.01. The normalized spacial score (nSPS) is 25.5. The van der Waals surface area contributed by atoms with Gasteiger partial charge in [0.1, 0.15) is 18.0 Å². The van der Waals surface area contributed by atoms with Gasteiger partial charge in [-0.2, -0.15) is 0 Å². The molecule has 1 aromatic rings.